The molecule has 0 spiro atoms. The molecule has 0 atom stereocenters. The summed E-state index contributed by atoms with van der Waals surface area (Å²) in [5.74, 6) is 0.328. The van der Waals surface area contributed by atoms with Gasteiger partial charge in [0.15, 0.2) is 0 Å². The lowest BCUT2D eigenvalue weighted by Crippen LogP contribution is -2.32. The summed E-state index contributed by atoms with van der Waals surface area (Å²) in [5.41, 5.74) is 0.847. The van der Waals surface area contributed by atoms with Crippen LogP contribution in [-0.4, -0.2) is 42.7 Å². The second-order valence-electron chi connectivity index (χ2n) is 3.95. The summed E-state index contributed by atoms with van der Waals surface area (Å²) < 4.78 is 4.84. The summed E-state index contributed by atoms with van der Waals surface area (Å²) in [4.78, 5) is 19.9. The van der Waals surface area contributed by atoms with Gasteiger partial charge in [-0.15, -0.1) is 0 Å². The fourth-order valence-corrected chi connectivity index (χ4v) is 1.57. The van der Waals surface area contributed by atoms with E-state index in [9.17, 15) is 4.79 Å². The molecule has 0 bridgehead atoms. The first-order valence-corrected chi connectivity index (χ1v) is 6.01. The zero-order chi connectivity index (χ0) is 13.5. The van der Waals surface area contributed by atoms with E-state index in [0.29, 0.717) is 19.1 Å². The molecule has 0 aliphatic rings. The molecule has 0 aliphatic heterocycles. The highest BCUT2D eigenvalue weighted by Gasteiger charge is 2.03. The standard InChI is InChI=1S/C13H16N4O2/c1-19-7-6-14-12(18)9-16-13-15-8-10-4-2-3-5-11(10)17-13/h2-5,8H,6-7,9H2,1H3,(H,14,18)(H,15,16,17). The summed E-state index contributed by atoms with van der Waals surface area (Å²) >= 11 is 0. The monoisotopic (exact) mass is 260 g/mol. The van der Waals surface area contributed by atoms with E-state index in [1.807, 2.05) is 24.3 Å². The number of hydrogen-bond acceptors (Lipinski definition) is 5. The molecule has 1 amide bonds. The molecule has 0 unspecified atom stereocenters. The smallest absolute Gasteiger partial charge is 0.239 e. The number of para-hydroxylation sites is 1. The fourth-order valence-electron chi connectivity index (χ4n) is 1.57. The van der Waals surface area contributed by atoms with Crippen LogP contribution < -0.4 is 10.6 Å². The van der Waals surface area contributed by atoms with Crippen molar-refractivity contribution in [3.05, 3.63) is 30.5 Å². The first kappa shape index (κ1) is 13.2. The van der Waals surface area contributed by atoms with E-state index >= 15 is 0 Å². The minimum absolute atomic E-state index is 0.117. The number of nitrogens with one attached hydrogen (secondary N) is 2. The number of fused-ring (bicyclic) bond motifs is 1. The van der Waals surface area contributed by atoms with Gasteiger partial charge in [0.25, 0.3) is 0 Å². The lowest BCUT2D eigenvalue weighted by atomic mass is 10.2. The van der Waals surface area contributed by atoms with Crippen LogP contribution in [0, 0.1) is 0 Å². The number of benzene rings is 1. The van der Waals surface area contributed by atoms with Gasteiger partial charge < -0.3 is 15.4 Å². The maximum absolute atomic E-state index is 11.5. The summed E-state index contributed by atoms with van der Waals surface area (Å²) in [7, 11) is 1.59. The van der Waals surface area contributed by atoms with Crippen molar-refractivity contribution >= 4 is 22.8 Å². The van der Waals surface area contributed by atoms with Crippen molar-refractivity contribution < 1.29 is 9.53 Å². The lowest BCUT2D eigenvalue weighted by molar-refractivity contribution is -0.119. The van der Waals surface area contributed by atoms with Crippen LogP contribution >= 0.6 is 0 Å². The highest BCUT2D eigenvalue weighted by Crippen LogP contribution is 2.11. The maximum atomic E-state index is 11.5. The van der Waals surface area contributed by atoms with Crippen molar-refractivity contribution in [1.29, 1.82) is 0 Å². The van der Waals surface area contributed by atoms with Crippen molar-refractivity contribution in [2.24, 2.45) is 0 Å². The van der Waals surface area contributed by atoms with Crippen LogP contribution in [-0.2, 0) is 9.53 Å². The number of ether oxygens (including phenoxy) is 1. The molecule has 1 heterocycles. The zero-order valence-electron chi connectivity index (χ0n) is 10.7. The molecular formula is C13H16N4O2. The molecule has 2 aromatic rings. The van der Waals surface area contributed by atoms with Gasteiger partial charge in [0.1, 0.15) is 0 Å². The number of nitrogens with zero attached hydrogens (tertiary/aromatic N) is 2. The fraction of sp³-hybridized carbons (Fsp3) is 0.308. The van der Waals surface area contributed by atoms with Gasteiger partial charge in [-0.2, -0.15) is 0 Å². The van der Waals surface area contributed by atoms with E-state index in [1.165, 1.54) is 0 Å². The minimum atomic E-state index is -0.117. The Kier molecular flexibility index (Phi) is 4.63. The molecule has 1 aromatic heterocycles. The summed E-state index contributed by atoms with van der Waals surface area (Å²) in [6.45, 7) is 1.13. The first-order chi connectivity index (χ1) is 9.29. The molecule has 100 valence electrons. The predicted molar refractivity (Wildman–Crippen MR) is 72.9 cm³/mol. The van der Waals surface area contributed by atoms with E-state index < -0.39 is 0 Å². The second-order valence-corrected chi connectivity index (χ2v) is 3.95. The molecule has 0 fully saturated rings. The van der Waals surface area contributed by atoms with Gasteiger partial charge in [-0.25, -0.2) is 9.97 Å². The van der Waals surface area contributed by atoms with Gasteiger partial charge in [0, 0.05) is 25.2 Å². The second kappa shape index (κ2) is 6.65. The van der Waals surface area contributed by atoms with Crippen molar-refractivity contribution in [3.8, 4) is 0 Å². The van der Waals surface area contributed by atoms with Crippen LogP contribution in [0.3, 0.4) is 0 Å². The van der Waals surface area contributed by atoms with Crippen LogP contribution in [0.1, 0.15) is 0 Å². The number of carbonyl (C=O) groups excluding carboxylic acids is 1. The van der Waals surface area contributed by atoms with Gasteiger partial charge >= 0.3 is 0 Å². The highest BCUT2D eigenvalue weighted by molar-refractivity contribution is 5.81. The molecule has 0 radical (unpaired) electrons. The van der Waals surface area contributed by atoms with Gasteiger partial charge in [0.05, 0.1) is 18.7 Å². The normalized spacial score (nSPS) is 10.4. The molecule has 0 aliphatic carbocycles. The van der Waals surface area contributed by atoms with E-state index in [4.69, 9.17) is 4.74 Å². The van der Waals surface area contributed by atoms with Crippen molar-refractivity contribution in [1.82, 2.24) is 15.3 Å². The van der Waals surface area contributed by atoms with Crippen molar-refractivity contribution in [3.63, 3.8) is 0 Å². The Morgan fingerprint density at radius 1 is 1.37 bits per heavy atom. The molecule has 6 heteroatoms. The van der Waals surface area contributed by atoms with Gasteiger partial charge in [-0.3, -0.25) is 4.79 Å². The Bertz CT molecular complexity index is 559. The van der Waals surface area contributed by atoms with E-state index in [0.717, 1.165) is 10.9 Å². The number of carbonyl (C=O) groups is 1. The first-order valence-electron chi connectivity index (χ1n) is 6.01. The minimum Gasteiger partial charge on any atom is -0.383 e. The molecule has 0 saturated carbocycles. The van der Waals surface area contributed by atoms with E-state index in [2.05, 4.69) is 20.6 Å². The van der Waals surface area contributed by atoms with Crippen LogP contribution in [0.15, 0.2) is 30.5 Å². The number of amides is 1. The van der Waals surface area contributed by atoms with Gasteiger partial charge in [-0.05, 0) is 6.07 Å². The zero-order valence-corrected chi connectivity index (χ0v) is 10.7. The Morgan fingerprint density at radius 3 is 3.05 bits per heavy atom. The third-order valence-electron chi connectivity index (χ3n) is 2.52. The van der Waals surface area contributed by atoms with Crippen LogP contribution in [0.4, 0.5) is 5.95 Å². The largest absolute Gasteiger partial charge is 0.383 e. The molecule has 6 nitrogen and oxygen atoms in total. The topological polar surface area (TPSA) is 76.1 Å². The van der Waals surface area contributed by atoms with Gasteiger partial charge in [-0.1, -0.05) is 18.2 Å². The summed E-state index contributed by atoms with van der Waals surface area (Å²) in [6.07, 6.45) is 1.73. The number of hydrogen-bond donors (Lipinski definition) is 2. The van der Waals surface area contributed by atoms with Crippen molar-refractivity contribution in [2.45, 2.75) is 0 Å². The van der Waals surface area contributed by atoms with Gasteiger partial charge in [0.2, 0.25) is 11.9 Å². The predicted octanol–water partition coefficient (Wildman–Crippen LogP) is 0.804. The SMILES string of the molecule is COCCNC(=O)CNc1ncc2ccccc2n1. The molecular weight excluding hydrogens is 244 g/mol. The number of anilines is 1. The summed E-state index contributed by atoms with van der Waals surface area (Å²) in [6, 6.07) is 7.69. The summed E-state index contributed by atoms with van der Waals surface area (Å²) in [5, 5.41) is 6.57. The Morgan fingerprint density at radius 2 is 2.21 bits per heavy atom. The van der Waals surface area contributed by atoms with Crippen LogP contribution in [0.2, 0.25) is 0 Å². The highest BCUT2D eigenvalue weighted by atomic mass is 16.5. The average molecular weight is 260 g/mol. The average Bonchev–Trinajstić information content (AvgIpc) is 2.45. The third kappa shape index (κ3) is 3.89. The van der Waals surface area contributed by atoms with Crippen LogP contribution in [0.25, 0.3) is 10.9 Å². The van der Waals surface area contributed by atoms with E-state index in [-0.39, 0.29) is 12.5 Å². The number of aromatic nitrogens is 2. The molecule has 0 saturated heterocycles. The molecule has 19 heavy (non-hydrogen) atoms. The van der Waals surface area contributed by atoms with Crippen LogP contribution in [0.5, 0.6) is 0 Å². The molecule has 2 rings (SSSR count). The lowest BCUT2D eigenvalue weighted by Gasteiger charge is -2.06. The quantitative estimate of drug-likeness (QED) is 0.751. The van der Waals surface area contributed by atoms with Crippen molar-refractivity contribution in [2.75, 3.05) is 32.1 Å². The van der Waals surface area contributed by atoms with E-state index in [1.54, 1.807) is 13.3 Å². The maximum Gasteiger partial charge on any atom is 0.239 e. The Balaban J connectivity index is 1.89. The Hall–Kier alpha value is -2.21. The molecule has 2 N–H and O–H groups in total. The third-order valence-corrected chi connectivity index (χ3v) is 2.52. The Labute approximate surface area is 111 Å². The number of methoxy groups -OCH3 is 1. The number of rotatable bonds is 6. The molecule has 1 aromatic carbocycles.